The van der Waals surface area contributed by atoms with Gasteiger partial charge in [-0.2, -0.15) is 16.7 Å². The highest BCUT2D eigenvalue weighted by molar-refractivity contribution is 7.97. The third kappa shape index (κ3) is 6.14. The van der Waals surface area contributed by atoms with Crippen molar-refractivity contribution in [1.29, 1.82) is 0 Å². The number of rotatable bonds is 8. The Balaban J connectivity index is 1.28. The highest BCUT2D eigenvalue weighted by Gasteiger charge is 2.36. The van der Waals surface area contributed by atoms with Crippen LogP contribution >= 0.6 is 23.4 Å². The van der Waals surface area contributed by atoms with Gasteiger partial charge >= 0.3 is 0 Å². The van der Waals surface area contributed by atoms with Gasteiger partial charge in [0, 0.05) is 36.3 Å². The number of benzene rings is 2. The summed E-state index contributed by atoms with van der Waals surface area (Å²) in [6.45, 7) is 4.63. The normalized spacial score (nSPS) is 17.4. The Hall–Kier alpha value is -2.68. The fourth-order valence-electron chi connectivity index (χ4n) is 5.50. The van der Waals surface area contributed by atoms with Crippen molar-refractivity contribution in [3.05, 3.63) is 59.2 Å². The second kappa shape index (κ2) is 12.0. The first kappa shape index (κ1) is 26.9. The maximum Gasteiger partial charge on any atom is 0.229 e. The number of anilines is 5. The molecule has 2 N–H and O–H groups in total. The molecule has 0 radical (unpaired) electrons. The van der Waals surface area contributed by atoms with E-state index < -0.39 is 0 Å². The third-order valence-electron chi connectivity index (χ3n) is 7.98. The molecule has 2 fully saturated rings. The minimum absolute atomic E-state index is 0.451. The molecule has 2 aliphatic heterocycles. The van der Waals surface area contributed by atoms with E-state index in [4.69, 9.17) is 16.3 Å². The topological polar surface area (TPSA) is 65.6 Å². The quantitative estimate of drug-likeness (QED) is 0.316. The summed E-state index contributed by atoms with van der Waals surface area (Å²) in [6.07, 6.45) is 8.88. The second-order valence-corrected chi connectivity index (χ2v) is 11.7. The number of hydrogen-bond donors (Lipinski definition) is 2. The molecule has 3 heterocycles. The Bertz CT molecular complexity index is 1240. The number of piperidine rings is 2. The minimum atomic E-state index is 0.451. The van der Waals surface area contributed by atoms with Gasteiger partial charge in [-0.05, 0) is 81.3 Å². The fourth-order valence-corrected chi connectivity index (χ4v) is 6.20. The largest absolute Gasteiger partial charge is 0.494 e. The molecule has 3 aromatic rings. The van der Waals surface area contributed by atoms with Gasteiger partial charge in [-0.15, -0.1) is 0 Å². The van der Waals surface area contributed by atoms with Gasteiger partial charge in [-0.25, -0.2) is 4.98 Å². The number of hydrogen-bond acceptors (Lipinski definition) is 8. The Morgan fingerprint density at radius 3 is 2.47 bits per heavy atom. The van der Waals surface area contributed by atoms with Crippen LogP contribution in [0.3, 0.4) is 0 Å². The summed E-state index contributed by atoms with van der Waals surface area (Å²) in [4.78, 5) is 14.0. The van der Waals surface area contributed by atoms with Crippen LogP contribution in [0.4, 0.5) is 28.8 Å². The predicted octanol–water partition coefficient (Wildman–Crippen LogP) is 6.80. The van der Waals surface area contributed by atoms with Crippen molar-refractivity contribution in [3.63, 3.8) is 0 Å². The van der Waals surface area contributed by atoms with Crippen LogP contribution in [0.5, 0.6) is 5.75 Å². The van der Waals surface area contributed by atoms with Crippen LogP contribution in [0.15, 0.2) is 48.7 Å². The van der Waals surface area contributed by atoms with E-state index >= 15 is 0 Å². The number of methoxy groups -OCH3 is 1. The van der Waals surface area contributed by atoms with Crippen LogP contribution in [0, 0.1) is 5.41 Å². The van der Waals surface area contributed by atoms with Crippen LogP contribution in [0.2, 0.25) is 5.02 Å². The van der Waals surface area contributed by atoms with E-state index in [0.29, 0.717) is 22.2 Å². The van der Waals surface area contributed by atoms with Gasteiger partial charge in [0.1, 0.15) is 10.8 Å². The molecule has 2 aliphatic rings. The molecular weight excluding hydrogens is 516 g/mol. The zero-order valence-corrected chi connectivity index (χ0v) is 24.0. The van der Waals surface area contributed by atoms with Crippen molar-refractivity contribution in [2.75, 3.05) is 62.1 Å². The third-order valence-corrected chi connectivity index (χ3v) is 8.86. The SMILES string of the molecule is COc1cc(N2CCC3(CCN(C)CC3)CC2)ccc1Nc1ncc(Cl)c(Nc2ccccc2CSC)n1. The molecule has 202 valence electrons. The van der Waals surface area contributed by atoms with E-state index in [0.717, 1.165) is 36.0 Å². The molecule has 0 aliphatic carbocycles. The van der Waals surface area contributed by atoms with Crippen molar-refractivity contribution < 1.29 is 4.74 Å². The summed E-state index contributed by atoms with van der Waals surface area (Å²) in [7, 11) is 3.94. The standard InChI is InChI=1S/C29H37ClN6OS/c1-35-14-10-29(11-15-35)12-16-36(17-13-29)22-8-9-25(26(18-22)37-2)33-28-31-19-23(30)27(34-28)32-24-7-5-4-6-21(24)20-38-3/h4-9,18-19H,10-17,20H2,1-3H3,(H2,31,32,33,34). The molecule has 2 aromatic carbocycles. The first-order chi connectivity index (χ1) is 18.5. The number of thioether (sulfide) groups is 1. The van der Waals surface area contributed by atoms with E-state index in [-0.39, 0.29) is 0 Å². The molecule has 1 aromatic heterocycles. The number of likely N-dealkylation sites (tertiary alicyclic amines) is 1. The van der Waals surface area contributed by atoms with Gasteiger partial charge in [0.05, 0.1) is 19.0 Å². The number of nitrogens with zero attached hydrogens (tertiary/aromatic N) is 4. The molecule has 0 amide bonds. The fraction of sp³-hybridized carbons (Fsp3) is 0.448. The number of para-hydroxylation sites is 1. The van der Waals surface area contributed by atoms with Crippen molar-refractivity contribution in [2.45, 2.75) is 31.4 Å². The molecule has 2 saturated heterocycles. The first-order valence-corrected chi connectivity index (χ1v) is 15.0. The molecule has 0 unspecified atom stereocenters. The summed E-state index contributed by atoms with van der Waals surface area (Å²) >= 11 is 8.22. The van der Waals surface area contributed by atoms with Gasteiger partial charge < -0.3 is 25.2 Å². The van der Waals surface area contributed by atoms with Crippen LogP contribution < -0.4 is 20.3 Å². The lowest BCUT2D eigenvalue weighted by Crippen LogP contribution is -2.46. The monoisotopic (exact) mass is 552 g/mol. The number of halogens is 1. The van der Waals surface area contributed by atoms with Gasteiger partial charge in [0.15, 0.2) is 5.82 Å². The maximum atomic E-state index is 6.45. The van der Waals surface area contributed by atoms with Crippen molar-refractivity contribution in [3.8, 4) is 5.75 Å². The average molecular weight is 553 g/mol. The minimum Gasteiger partial charge on any atom is -0.494 e. The lowest BCUT2D eigenvalue weighted by atomic mass is 9.71. The molecule has 38 heavy (non-hydrogen) atoms. The van der Waals surface area contributed by atoms with Crippen molar-refractivity contribution in [1.82, 2.24) is 14.9 Å². The number of nitrogens with one attached hydrogen (secondary N) is 2. The highest BCUT2D eigenvalue weighted by atomic mass is 35.5. The Labute approximate surface area is 235 Å². The molecule has 9 heteroatoms. The van der Waals surface area contributed by atoms with Crippen molar-refractivity contribution >= 4 is 52.2 Å². The van der Waals surface area contributed by atoms with E-state index in [2.05, 4.69) is 61.9 Å². The Kier molecular flexibility index (Phi) is 8.51. The summed E-state index contributed by atoms with van der Waals surface area (Å²) in [5.74, 6) is 2.67. The van der Waals surface area contributed by atoms with E-state index in [9.17, 15) is 0 Å². The summed E-state index contributed by atoms with van der Waals surface area (Å²) in [5, 5.41) is 7.17. The van der Waals surface area contributed by atoms with Gasteiger partial charge in [0.2, 0.25) is 5.95 Å². The molecule has 0 saturated carbocycles. The lowest BCUT2D eigenvalue weighted by molar-refractivity contribution is 0.0945. The van der Waals surface area contributed by atoms with Gasteiger partial charge in [0.25, 0.3) is 0 Å². The summed E-state index contributed by atoms with van der Waals surface area (Å²) < 4.78 is 5.77. The number of ether oxygens (including phenoxy) is 1. The molecule has 0 bridgehead atoms. The number of aromatic nitrogens is 2. The van der Waals surface area contributed by atoms with Gasteiger partial charge in [-0.1, -0.05) is 29.8 Å². The van der Waals surface area contributed by atoms with Gasteiger partial charge in [-0.3, -0.25) is 0 Å². The average Bonchev–Trinajstić information content (AvgIpc) is 2.94. The zero-order valence-electron chi connectivity index (χ0n) is 22.5. The molecule has 1 spiro atoms. The molecule has 7 nitrogen and oxygen atoms in total. The van der Waals surface area contributed by atoms with Crippen LogP contribution in [0.1, 0.15) is 31.2 Å². The van der Waals surface area contributed by atoms with Crippen LogP contribution in [-0.4, -0.2) is 61.5 Å². The predicted molar refractivity (Wildman–Crippen MR) is 161 cm³/mol. The molecule has 5 rings (SSSR count). The lowest BCUT2D eigenvalue weighted by Gasteiger charge is -2.47. The summed E-state index contributed by atoms with van der Waals surface area (Å²) in [6, 6.07) is 14.5. The van der Waals surface area contributed by atoms with Crippen LogP contribution in [0.25, 0.3) is 0 Å². The zero-order chi connectivity index (χ0) is 26.5. The Morgan fingerprint density at radius 2 is 1.74 bits per heavy atom. The van der Waals surface area contributed by atoms with Crippen LogP contribution in [-0.2, 0) is 5.75 Å². The van der Waals surface area contributed by atoms with E-state index in [1.54, 1.807) is 25.1 Å². The second-order valence-electron chi connectivity index (χ2n) is 10.4. The molecule has 0 atom stereocenters. The molecular formula is C29H37ClN6OS. The highest BCUT2D eigenvalue weighted by Crippen LogP contribution is 2.42. The van der Waals surface area contributed by atoms with Crippen molar-refractivity contribution in [2.24, 2.45) is 5.41 Å². The smallest absolute Gasteiger partial charge is 0.229 e. The van der Waals surface area contributed by atoms with E-state index in [1.165, 1.54) is 50.0 Å². The van der Waals surface area contributed by atoms with E-state index in [1.807, 2.05) is 24.3 Å². The maximum absolute atomic E-state index is 6.45. The Morgan fingerprint density at radius 1 is 1.00 bits per heavy atom. The first-order valence-electron chi connectivity index (χ1n) is 13.2. The summed E-state index contributed by atoms with van der Waals surface area (Å²) in [5.41, 5.74) is 4.72.